The van der Waals surface area contributed by atoms with Gasteiger partial charge >= 0.3 is 0 Å². The van der Waals surface area contributed by atoms with Gasteiger partial charge in [-0.2, -0.15) is 0 Å². The average Bonchev–Trinajstić information content (AvgIpc) is 2.89. The van der Waals surface area contributed by atoms with Crippen LogP contribution in [0.15, 0.2) is 28.3 Å². The molecular formula is C11H14BrN3S. The average molecular weight is 300 g/mol. The minimum absolute atomic E-state index is 0.953. The topological polar surface area (TPSA) is 40.7 Å². The highest BCUT2D eigenvalue weighted by molar-refractivity contribution is 9.10. The van der Waals surface area contributed by atoms with Crippen molar-refractivity contribution >= 4 is 27.3 Å². The third-order valence-electron chi connectivity index (χ3n) is 2.24. The summed E-state index contributed by atoms with van der Waals surface area (Å²) in [7, 11) is 0. The highest BCUT2D eigenvalue weighted by atomic mass is 79.9. The smallest absolute Gasteiger partial charge is 0.106 e. The van der Waals surface area contributed by atoms with Crippen LogP contribution in [0.2, 0.25) is 0 Å². The quantitative estimate of drug-likeness (QED) is 0.805. The van der Waals surface area contributed by atoms with Crippen LogP contribution in [0, 0.1) is 0 Å². The Kier molecular flexibility index (Phi) is 4.56. The molecule has 0 spiro atoms. The summed E-state index contributed by atoms with van der Waals surface area (Å²) in [6, 6.07) is 2.16. The predicted molar refractivity (Wildman–Crippen MR) is 70.6 cm³/mol. The molecule has 0 fully saturated rings. The molecule has 16 heavy (non-hydrogen) atoms. The summed E-state index contributed by atoms with van der Waals surface area (Å²) in [6.07, 6.45) is 5.78. The lowest BCUT2D eigenvalue weighted by molar-refractivity contribution is 0.645. The fraction of sp³-hybridized carbons (Fsp3) is 0.364. The summed E-state index contributed by atoms with van der Waals surface area (Å²) >= 11 is 5.23. The second-order valence-electron chi connectivity index (χ2n) is 3.55. The maximum Gasteiger partial charge on any atom is 0.106 e. The molecule has 0 aliphatic heterocycles. The van der Waals surface area contributed by atoms with Crippen LogP contribution < -0.4 is 5.32 Å². The number of nitrogens with one attached hydrogen (secondary N) is 2. The Morgan fingerprint density at radius 3 is 3.12 bits per heavy atom. The van der Waals surface area contributed by atoms with E-state index in [-0.39, 0.29) is 0 Å². The van der Waals surface area contributed by atoms with Crippen molar-refractivity contribution < 1.29 is 0 Å². The highest BCUT2D eigenvalue weighted by Crippen LogP contribution is 2.19. The fourth-order valence-corrected chi connectivity index (χ4v) is 2.89. The van der Waals surface area contributed by atoms with Crippen LogP contribution in [-0.2, 0) is 13.0 Å². The van der Waals surface area contributed by atoms with Crippen molar-refractivity contribution in [2.45, 2.75) is 19.4 Å². The van der Waals surface area contributed by atoms with Crippen molar-refractivity contribution in [3.05, 3.63) is 39.0 Å². The molecule has 3 nitrogen and oxygen atoms in total. The van der Waals surface area contributed by atoms with Gasteiger partial charge in [-0.05, 0) is 35.0 Å². The van der Waals surface area contributed by atoms with Crippen molar-refractivity contribution in [3.8, 4) is 0 Å². The zero-order valence-electron chi connectivity index (χ0n) is 8.87. The van der Waals surface area contributed by atoms with Gasteiger partial charge in [-0.1, -0.05) is 0 Å². The van der Waals surface area contributed by atoms with E-state index in [2.05, 4.69) is 42.7 Å². The maximum atomic E-state index is 4.19. The molecule has 0 aromatic carbocycles. The molecule has 2 aromatic rings. The second-order valence-corrected chi connectivity index (χ2v) is 5.46. The number of H-pyrrole nitrogens is 1. The number of aromatic amines is 1. The Morgan fingerprint density at radius 1 is 1.50 bits per heavy atom. The zero-order chi connectivity index (χ0) is 11.2. The Bertz CT molecular complexity index is 411. The van der Waals surface area contributed by atoms with Crippen LogP contribution in [0.5, 0.6) is 0 Å². The van der Waals surface area contributed by atoms with Gasteiger partial charge in [0.1, 0.15) is 5.82 Å². The van der Waals surface area contributed by atoms with Gasteiger partial charge in [0.05, 0.1) is 0 Å². The van der Waals surface area contributed by atoms with Crippen LogP contribution >= 0.6 is 27.3 Å². The lowest BCUT2D eigenvalue weighted by atomic mass is 10.3. The minimum atomic E-state index is 0.953. The summed E-state index contributed by atoms with van der Waals surface area (Å²) in [4.78, 5) is 8.66. The molecular weight excluding hydrogens is 286 g/mol. The van der Waals surface area contributed by atoms with Gasteiger partial charge < -0.3 is 10.3 Å². The van der Waals surface area contributed by atoms with Gasteiger partial charge in [0.2, 0.25) is 0 Å². The fourth-order valence-electron chi connectivity index (χ4n) is 1.47. The first kappa shape index (κ1) is 11.8. The summed E-state index contributed by atoms with van der Waals surface area (Å²) < 4.78 is 1.17. The molecule has 2 aromatic heterocycles. The lowest BCUT2D eigenvalue weighted by Gasteiger charge is -2.01. The molecule has 0 aliphatic carbocycles. The van der Waals surface area contributed by atoms with Gasteiger partial charge in [-0.3, -0.25) is 0 Å². The van der Waals surface area contributed by atoms with E-state index in [4.69, 9.17) is 0 Å². The Morgan fingerprint density at radius 2 is 2.44 bits per heavy atom. The normalized spacial score (nSPS) is 10.8. The van der Waals surface area contributed by atoms with Crippen molar-refractivity contribution in [2.75, 3.05) is 6.54 Å². The summed E-state index contributed by atoms with van der Waals surface area (Å²) in [6.45, 7) is 1.98. The molecule has 2 rings (SSSR count). The number of nitrogens with zero attached hydrogens (tertiary/aromatic N) is 1. The third kappa shape index (κ3) is 3.73. The molecule has 0 atom stereocenters. The molecule has 0 radical (unpaired) electrons. The Labute approximate surface area is 107 Å². The Hall–Kier alpha value is -0.650. The van der Waals surface area contributed by atoms with E-state index < -0.39 is 0 Å². The SMILES string of the molecule is Brc1csc(CNCCCc2ncc[nH]2)c1. The molecule has 0 aliphatic rings. The lowest BCUT2D eigenvalue weighted by Crippen LogP contribution is -2.14. The first-order chi connectivity index (χ1) is 7.84. The van der Waals surface area contributed by atoms with Crippen molar-refractivity contribution in [2.24, 2.45) is 0 Å². The molecule has 86 valence electrons. The number of hydrogen-bond donors (Lipinski definition) is 2. The number of hydrogen-bond acceptors (Lipinski definition) is 3. The maximum absolute atomic E-state index is 4.19. The summed E-state index contributed by atoms with van der Waals surface area (Å²) in [5.74, 6) is 1.07. The minimum Gasteiger partial charge on any atom is -0.349 e. The third-order valence-corrected chi connectivity index (χ3v) is 3.94. The second kappa shape index (κ2) is 6.18. The first-order valence-corrected chi connectivity index (χ1v) is 6.94. The molecule has 0 bridgehead atoms. The van der Waals surface area contributed by atoms with E-state index >= 15 is 0 Å². The molecule has 0 saturated carbocycles. The highest BCUT2D eigenvalue weighted by Gasteiger charge is 1.97. The van der Waals surface area contributed by atoms with E-state index in [0.717, 1.165) is 31.8 Å². The molecule has 2 heterocycles. The number of aromatic nitrogens is 2. The van der Waals surface area contributed by atoms with E-state index in [9.17, 15) is 0 Å². The van der Waals surface area contributed by atoms with E-state index in [1.165, 1.54) is 9.35 Å². The van der Waals surface area contributed by atoms with Gasteiger partial charge in [0, 0.05) is 40.1 Å². The van der Waals surface area contributed by atoms with Crippen molar-refractivity contribution in [1.29, 1.82) is 0 Å². The van der Waals surface area contributed by atoms with Gasteiger partial charge in [-0.15, -0.1) is 11.3 Å². The largest absolute Gasteiger partial charge is 0.349 e. The van der Waals surface area contributed by atoms with Gasteiger partial charge in [0.15, 0.2) is 0 Å². The zero-order valence-corrected chi connectivity index (χ0v) is 11.3. The van der Waals surface area contributed by atoms with E-state index in [1.807, 2.05) is 6.20 Å². The summed E-state index contributed by atoms with van der Waals surface area (Å²) in [5.41, 5.74) is 0. The van der Waals surface area contributed by atoms with E-state index in [1.54, 1.807) is 17.5 Å². The van der Waals surface area contributed by atoms with Crippen LogP contribution in [-0.4, -0.2) is 16.5 Å². The molecule has 0 unspecified atom stereocenters. The van der Waals surface area contributed by atoms with Gasteiger partial charge in [-0.25, -0.2) is 4.98 Å². The van der Waals surface area contributed by atoms with Crippen LogP contribution in [0.3, 0.4) is 0 Å². The number of imidazole rings is 1. The molecule has 5 heteroatoms. The Balaban J connectivity index is 1.59. The molecule has 2 N–H and O–H groups in total. The number of aryl methyl sites for hydroxylation is 1. The monoisotopic (exact) mass is 299 g/mol. The molecule has 0 amide bonds. The van der Waals surface area contributed by atoms with Crippen LogP contribution in [0.1, 0.15) is 17.1 Å². The van der Waals surface area contributed by atoms with Crippen LogP contribution in [0.25, 0.3) is 0 Å². The predicted octanol–water partition coefficient (Wildman–Crippen LogP) is 2.96. The molecule has 0 saturated heterocycles. The van der Waals surface area contributed by atoms with Crippen LogP contribution in [0.4, 0.5) is 0 Å². The van der Waals surface area contributed by atoms with Gasteiger partial charge in [0.25, 0.3) is 0 Å². The van der Waals surface area contributed by atoms with Crippen molar-refractivity contribution in [1.82, 2.24) is 15.3 Å². The standard InChI is InChI=1S/C11H14BrN3S/c12-9-6-10(16-8-9)7-13-3-1-2-11-14-4-5-15-11/h4-6,8,13H,1-3,7H2,(H,14,15). The van der Waals surface area contributed by atoms with Crippen molar-refractivity contribution in [3.63, 3.8) is 0 Å². The number of rotatable bonds is 6. The van der Waals surface area contributed by atoms with E-state index in [0.29, 0.717) is 0 Å². The number of thiophene rings is 1. The first-order valence-electron chi connectivity index (χ1n) is 5.26. The number of halogens is 1. The summed E-state index contributed by atoms with van der Waals surface area (Å²) in [5, 5.41) is 5.54.